The van der Waals surface area contributed by atoms with Crippen molar-refractivity contribution >= 4 is 24.0 Å². The number of rotatable bonds is 5. The van der Waals surface area contributed by atoms with Crippen LogP contribution in [0.1, 0.15) is 0 Å². The highest BCUT2D eigenvalue weighted by molar-refractivity contribution is 5.85. The maximum absolute atomic E-state index is 12.2. The Hall–Kier alpha value is -1.90. The molecule has 1 aliphatic rings. The van der Waals surface area contributed by atoms with E-state index in [-0.39, 0.29) is 24.0 Å². The molecular weight excluding hydrogens is 332 g/mol. The van der Waals surface area contributed by atoms with E-state index in [4.69, 9.17) is 0 Å². The van der Waals surface area contributed by atoms with E-state index in [0.29, 0.717) is 25.3 Å². The summed E-state index contributed by atoms with van der Waals surface area (Å²) in [5.74, 6) is 0.136. The second kappa shape index (κ2) is 8.27. The summed E-state index contributed by atoms with van der Waals surface area (Å²) in [6.45, 7) is 4.66. The number of aromatic nitrogens is 3. The minimum atomic E-state index is -0.151. The minimum absolute atomic E-state index is 0. The van der Waals surface area contributed by atoms with Gasteiger partial charge in [-0.1, -0.05) is 6.07 Å². The molecule has 1 aliphatic heterocycles. The average molecular weight is 355 g/mol. The van der Waals surface area contributed by atoms with Crippen LogP contribution in [0.3, 0.4) is 0 Å². The van der Waals surface area contributed by atoms with Gasteiger partial charge in [0, 0.05) is 38.9 Å². The van der Waals surface area contributed by atoms with Crippen molar-refractivity contribution < 1.29 is 4.79 Å². The normalized spacial score (nSPS) is 14.8. The summed E-state index contributed by atoms with van der Waals surface area (Å²) in [4.78, 5) is 28.2. The molecule has 1 saturated heterocycles. The van der Waals surface area contributed by atoms with Gasteiger partial charge >= 0.3 is 5.69 Å². The molecule has 0 bridgehead atoms. The summed E-state index contributed by atoms with van der Waals surface area (Å²) in [6.07, 6.45) is 1.71. The van der Waals surface area contributed by atoms with Crippen molar-refractivity contribution in [2.45, 2.75) is 6.54 Å². The van der Waals surface area contributed by atoms with Crippen molar-refractivity contribution in [3.05, 3.63) is 34.9 Å². The van der Waals surface area contributed by atoms with E-state index in [1.807, 2.05) is 22.9 Å². The minimum Gasteiger partial charge on any atom is -0.339 e. The number of carbonyl (C=O) groups excluding carboxylic acids is 1. The lowest BCUT2D eigenvalue weighted by molar-refractivity contribution is -0.132. The maximum atomic E-state index is 12.2. The Kier molecular flexibility index (Phi) is 6.36. The summed E-state index contributed by atoms with van der Waals surface area (Å²) >= 11 is 0. The Bertz CT molecular complexity index is 737. The number of hydrogen-bond donors (Lipinski definition) is 1. The quantitative estimate of drug-likeness (QED) is 0.767. The van der Waals surface area contributed by atoms with Gasteiger partial charge < -0.3 is 10.2 Å². The van der Waals surface area contributed by atoms with E-state index in [2.05, 4.69) is 10.4 Å². The van der Waals surface area contributed by atoms with Crippen LogP contribution in [-0.2, 0) is 11.3 Å². The molecule has 9 heteroatoms. The highest BCUT2D eigenvalue weighted by Gasteiger charge is 2.17. The van der Waals surface area contributed by atoms with Crippen molar-refractivity contribution in [2.75, 3.05) is 46.3 Å². The summed E-state index contributed by atoms with van der Waals surface area (Å²) in [5.41, 5.74) is 0.486. The molecule has 0 atom stereocenters. The largest absolute Gasteiger partial charge is 0.350 e. The topological polar surface area (TPSA) is 74.9 Å². The van der Waals surface area contributed by atoms with Crippen LogP contribution in [0.15, 0.2) is 29.2 Å². The van der Waals surface area contributed by atoms with Crippen LogP contribution in [0.5, 0.6) is 0 Å². The molecule has 1 amide bonds. The number of amides is 1. The standard InChI is InChI=1S/C15H22N6O2.ClH/c1-18(12-14(22)19-8-5-16-6-9-19)10-11-21-15(23)20-7-3-2-4-13(20)17-21;/h2-4,7,16H,5-6,8-12H2,1H3;1H. The Labute approximate surface area is 146 Å². The second-order valence-corrected chi connectivity index (χ2v) is 5.80. The lowest BCUT2D eigenvalue weighted by atomic mass is 10.3. The molecule has 132 valence electrons. The third-order valence-corrected chi connectivity index (χ3v) is 4.06. The van der Waals surface area contributed by atoms with Gasteiger partial charge in [0.2, 0.25) is 5.91 Å². The van der Waals surface area contributed by atoms with Gasteiger partial charge in [-0.3, -0.25) is 14.1 Å². The number of nitrogens with zero attached hydrogens (tertiary/aromatic N) is 5. The van der Waals surface area contributed by atoms with Crippen LogP contribution >= 0.6 is 12.4 Å². The molecular formula is C15H23ClN6O2. The molecule has 0 aromatic carbocycles. The highest BCUT2D eigenvalue weighted by atomic mass is 35.5. The summed E-state index contributed by atoms with van der Waals surface area (Å²) < 4.78 is 2.97. The summed E-state index contributed by atoms with van der Waals surface area (Å²) in [6, 6.07) is 5.46. The van der Waals surface area contributed by atoms with Crippen molar-refractivity contribution in [3.63, 3.8) is 0 Å². The zero-order chi connectivity index (χ0) is 16.2. The Balaban J connectivity index is 0.00000208. The highest BCUT2D eigenvalue weighted by Crippen LogP contribution is 1.97. The molecule has 0 spiro atoms. The number of carbonyl (C=O) groups is 1. The van der Waals surface area contributed by atoms with Gasteiger partial charge in [0.05, 0.1) is 13.1 Å². The lowest BCUT2D eigenvalue weighted by Gasteiger charge is -2.29. The van der Waals surface area contributed by atoms with Gasteiger partial charge in [-0.2, -0.15) is 0 Å². The van der Waals surface area contributed by atoms with Crippen LogP contribution in [0, 0.1) is 0 Å². The number of hydrogen-bond acceptors (Lipinski definition) is 5. The fourth-order valence-electron chi connectivity index (χ4n) is 2.70. The number of nitrogens with one attached hydrogen (secondary N) is 1. The molecule has 0 saturated carbocycles. The smallest absolute Gasteiger partial charge is 0.339 e. The Morgan fingerprint density at radius 3 is 2.79 bits per heavy atom. The van der Waals surface area contributed by atoms with Crippen molar-refractivity contribution in [1.29, 1.82) is 0 Å². The van der Waals surface area contributed by atoms with Crippen LogP contribution in [0.25, 0.3) is 5.65 Å². The van der Waals surface area contributed by atoms with E-state index in [0.717, 1.165) is 26.2 Å². The van der Waals surface area contributed by atoms with E-state index in [9.17, 15) is 9.59 Å². The molecule has 0 radical (unpaired) electrons. The zero-order valence-electron chi connectivity index (χ0n) is 13.7. The van der Waals surface area contributed by atoms with E-state index < -0.39 is 0 Å². The van der Waals surface area contributed by atoms with Gasteiger partial charge in [-0.05, 0) is 19.2 Å². The van der Waals surface area contributed by atoms with Gasteiger partial charge in [-0.25, -0.2) is 9.48 Å². The number of fused-ring (bicyclic) bond motifs is 1. The molecule has 2 aromatic rings. The van der Waals surface area contributed by atoms with Crippen molar-refractivity contribution in [3.8, 4) is 0 Å². The van der Waals surface area contributed by atoms with Crippen LogP contribution in [0.4, 0.5) is 0 Å². The predicted molar refractivity (Wildman–Crippen MR) is 93.6 cm³/mol. The Morgan fingerprint density at radius 1 is 1.33 bits per heavy atom. The van der Waals surface area contributed by atoms with Crippen LogP contribution < -0.4 is 11.0 Å². The molecule has 0 aliphatic carbocycles. The van der Waals surface area contributed by atoms with Crippen LogP contribution in [-0.4, -0.2) is 76.2 Å². The lowest BCUT2D eigenvalue weighted by Crippen LogP contribution is -2.49. The maximum Gasteiger partial charge on any atom is 0.350 e. The molecule has 24 heavy (non-hydrogen) atoms. The SMILES string of the molecule is CN(CCn1nc2ccccn2c1=O)CC(=O)N1CCNCC1.Cl. The fourth-order valence-corrected chi connectivity index (χ4v) is 2.70. The van der Waals surface area contributed by atoms with Gasteiger partial charge in [0.25, 0.3) is 0 Å². The number of pyridine rings is 1. The number of halogens is 1. The second-order valence-electron chi connectivity index (χ2n) is 5.80. The fraction of sp³-hybridized carbons (Fsp3) is 0.533. The van der Waals surface area contributed by atoms with E-state index in [1.165, 1.54) is 9.08 Å². The van der Waals surface area contributed by atoms with Crippen molar-refractivity contribution in [1.82, 2.24) is 29.3 Å². The van der Waals surface area contributed by atoms with E-state index in [1.54, 1.807) is 18.3 Å². The molecule has 3 rings (SSSR count). The van der Waals surface area contributed by atoms with Gasteiger partial charge in [0.15, 0.2) is 5.65 Å². The van der Waals surface area contributed by atoms with Crippen molar-refractivity contribution in [2.24, 2.45) is 0 Å². The first-order chi connectivity index (χ1) is 11.1. The first-order valence-electron chi connectivity index (χ1n) is 7.86. The third kappa shape index (κ3) is 4.14. The van der Waals surface area contributed by atoms with Crippen LogP contribution in [0.2, 0.25) is 0 Å². The molecule has 1 fully saturated rings. The molecule has 8 nitrogen and oxygen atoms in total. The molecule has 1 N–H and O–H groups in total. The average Bonchev–Trinajstić information content (AvgIpc) is 2.90. The Morgan fingerprint density at radius 2 is 2.08 bits per heavy atom. The van der Waals surface area contributed by atoms with Gasteiger partial charge in [0.1, 0.15) is 0 Å². The third-order valence-electron chi connectivity index (χ3n) is 4.06. The summed E-state index contributed by atoms with van der Waals surface area (Å²) in [5, 5.41) is 7.52. The zero-order valence-corrected chi connectivity index (χ0v) is 14.5. The molecule has 3 heterocycles. The number of likely N-dealkylation sites (N-methyl/N-ethyl adjacent to an activating group) is 1. The number of piperazine rings is 1. The first-order valence-corrected chi connectivity index (χ1v) is 7.86. The first kappa shape index (κ1) is 18.4. The summed E-state index contributed by atoms with van der Waals surface area (Å²) in [7, 11) is 1.89. The monoisotopic (exact) mass is 354 g/mol. The molecule has 2 aromatic heterocycles. The predicted octanol–water partition coefficient (Wildman–Crippen LogP) is -0.719. The molecule has 0 unspecified atom stereocenters. The van der Waals surface area contributed by atoms with Gasteiger partial charge in [-0.15, -0.1) is 17.5 Å². The van der Waals surface area contributed by atoms with E-state index >= 15 is 0 Å².